The van der Waals surface area contributed by atoms with Crippen molar-refractivity contribution in [1.29, 1.82) is 0 Å². The molecular weight excluding hydrogens is 419 g/mol. The molecule has 0 aromatic heterocycles. The van der Waals surface area contributed by atoms with Crippen LogP contribution in [0.5, 0.6) is 5.75 Å². The maximum Gasteiger partial charge on any atom is 0.133 e. The van der Waals surface area contributed by atoms with Crippen LogP contribution < -0.4 is 4.74 Å². The maximum atomic E-state index is 10.00. The first-order valence-corrected chi connectivity index (χ1v) is 8.48. The topological polar surface area (TPSA) is 45.2 Å². The van der Waals surface area contributed by atoms with Crippen LogP contribution in [0, 0.1) is 0 Å². The number of ether oxygens (including phenoxy) is 2. The first kappa shape index (κ1) is 23.9. The molecule has 2 rings (SSSR count). The summed E-state index contributed by atoms with van der Waals surface area (Å²) in [5.74, 6) is 0.809. The first-order valence-electron chi connectivity index (χ1n) is 7.69. The zero-order chi connectivity index (χ0) is 15.8. The molecule has 8 heteroatoms. The number of aliphatic hydroxyl groups excluding tert-OH is 1. The van der Waals surface area contributed by atoms with E-state index in [0.29, 0.717) is 26.4 Å². The van der Waals surface area contributed by atoms with Crippen LogP contribution >= 0.6 is 40.7 Å². The molecule has 0 saturated carbocycles. The van der Waals surface area contributed by atoms with Gasteiger partial charge in [-0.05, 0) is 35.1 Å². The van der Waals surface area contributed by atoms with Crippen molar-refractivity contribution in [3.05, 3.63) is 28.7 Å². The lowest BCUT2D eigenvalue weighted by Crippen LogP contribution is -2.47. The molecule has 140 valence electrons. The van der Waals surface area contributed by atoms with Gasteiger partial charge in [0.1, 0.15) is 12.4 Å². The van der Waals surface area contributed by atoms with E-state index in [9.17, 15) is 5.11 Å². The van der Waals surface area contributed by atoms with Gasteiger partial charge >= 0.3 is 0 Å². The lowest BCUT2D eigenvalue weighted by Gasteiger charge is -2.33. The number of halogens is 3. The molecule has 1 atom stereocenters. The standard InChI is InChI=1S/C16H25BrN2O3.2ClH/c1-18-6-8-19(9-7-18)12-14(20)13-21-10-11-22-16-5-3-2-4-15(16)17;;/h2-5,14,20H,6-13H2,1H3;2*1H. The van der Waals surface area contributed by atoms with Gasteiger partial charge in [0.25, 0.3) is 0 Å². The van der Waals surface area contributed by atoms with E-state index in [4.69, 9.17) is 9.47 Å². The molecule has 1 aliphatic rings. The van der Waals surface area contributed by atoms with Crippen molar-refractivity contribution >= 4 is 40.7 Å². The molecule has 1 aromatic carbocycles. The summed E-state index contributed by atoms with van der Waals surface area (Å²) in [5.41, 5.74) is 0. The van der Waals surface area contributed by atoms with Gasteiger partial charge in [0.15, 0.2) is 0 Å². The monoisotopic (exact) mass is 444 g/mol. The molecule has 0 radical (unpaired) electrons. The molecule has 1 saturated heterocycles. The molecule has 5 nitrogen and oxygen atoms in total. The number of nitrogens with zero attached hydrogens (tertiary/aromatic N) is 2. The van der Waals surface area contributed by atoms with E-state index in [2.05, 4.69) is 32.8 Å². The Kier molecular flexibility index (Phi) is 13.1. The molecular formula is C16H27BrCl2N2O3. The van der Waals surface area contributed by atoms with E-state index in [1.165, 1.54) is 0 Å². The highest BCUT2D eigenvalue weighted by molar-refractivity contribution is 9.10. The summed E-state index contributed by atoms with van der Waals surface area (Å²) in [6.07, 6.45) is -0.438. The second-order valence-corrected chi connectivity index (χ2v) is 6.47. The second kappa shape index (κ2) is 13.2. The minimum absolute atomic E-state index is 0. The van der Waals surface area contributed by atoms with E-state index in [1.54, 1.807) is 0 Å². The van der Waals surface area contributed by atoms with Gasteiger partial charge in [0.05, 0.1) is 23.8 Å². The van der Waals surface area contributed by atoms with Gasteiger partial charge < -0.3 is 19.5 Å². The number of aliphatic hydroxyl groups is 1. The molecule has 1 fully saturated rings. The molecule has 0 aliphatic carbocycles. The summed E-state index contributed by atoms with van der Waals surface area (Å²) < 4.78 is 12.0. The van der Waals surface area contributed by atoms with E-state index < -0.39 is 6.10 Å². The SMILES string of the molecule is CN1CCN(CC(O)COCCOc2ccccc2Br)CC1.Cl.Cl. The van der Waals surface area contributed by atoms with Crippen molar-refractivity contribution in [3.8, 4) is 5.75 Å². The summed E-state index contributed by atoms with van der Waals surface area (Å²) in [6, 6.07) is 7.73. The maximum absolute atomic E-state index is 10.00. The fourth-order valence-electron chi connectivity index (χ4n) is 2.37. The van der Waals surface area contributed by atoms with Crippen LogP contribution in [0.2, 0.25) is 0 Å². The van der Waals surface area contributed by atoms with Gasteiger partial charge in [-0.15, -0.1) is 24.8 Å². The third-order valence-electron chi connectivity index (χ3n) is 3.70. The smallest absolute Gasteiger partial charge is 0.133 e. The third kappa shape index (κ3) is 8.85. The molecule has 1 heterocycles. The molecule has 1 N–H and O–H groups in total. The molecule has 1 aromatic rings. The van der Waals surface area contributed by atoms with Crippen molar-refractivity contribution in [3.63, 3.8) is 0 Å². The number of likely N-dealkylation sites (N-methyl/N-ethyl adjacent to an activating group) is 1. The fourth-order valence-corrected chi connectivity index (χ4v) is 2.77. The summed E-state index contributed by atoms with van der Waals surface area (Å²) in [7, 11) is 2.13. The fraction of sp³-hybridized carbons (Fsp3) is 0.625. The lowest BCUT2D eigenvalue weighted by atomic mass is 10.3. The molecule has 1 unspecified atom stereocenters. The van der Waals surface area contributed by atoms with E-state index in [-0.39, 0.29) is 24.8 Å². The van der Waals surface area contributed by atoms with Gasteiger partial charge in [-0.3, -0.25) is 4.90 Å². The quantitative estimate of drug-likeness (QED) is 0.622. The highest BCUT2D eigenvalue weighted by atomic mass is 79.9. The normalized spacial score (nSPS) is 16.8. The highest BCUT2D eigenvalue weighted by Crippen LogP contribution is 2.23. The number of rotatable bonds is 8. The Morgan fingerprint density at radius 1 is 1.12 bits per heavy atom. The Bertz CT molecular complexity index is 449. The molecule has 24 heavy (non-hydrogen) atoms. The summed E-state index contributed by atoms with van der Waals surface area (Å²) >= 11 is 3.43. The predicted octanol–water partition coefficient (Wildman–Crippen LogP) is 2.30. The zero-order valence-corrected chi connectivity index (χ0v) is 17.1. The van der Waals surface area contributed by atoms with Gasteiger partial charge in [0, 0.05) is 32.7 Å². The Hall–Kier alpha value is -0.0800. The Morgan fingerprint density at radius 2 is 1.79 bits per heavy atom. The van der Waals surface area contributed by atoms with E-state index >= 15 is 0 Å². The molecule has 0 bridgehead atoms. The Balaban J connectivity index is 0.00000264. The van der Waals surface area contributed by atoms with Crippen molar-refractivity contribution in [1.82, 2.24) is 9.80 Å². The largest absolute Gasteiger partial charge is 0.490 e. The molecule has 1 aliphatic heterocycles. The average Bonchev–Trinajstić information content (AvgIpc) is 2.51. The number of benzene rings is 1. The molecule has 0 spiro atoms. The second-order valence-electron chi connectivity index (χ2n) is 5.61. The lowest BCUT2D eigenvalue weighted by molar-refractivity contribution is 0.00144. The van der Waals surface area contributed by atoms with Crippen LogP contribution in [0.25, 0.3) is 0 Å². The van der Waals surface area contributed by atoms with E-state index in [1.807, 2.05) is 24.3 Å². The number of piperazine rings is 1. The number of hydrogen-bond donors (Lipinski definition) is 1. The average molecular weight is 446 g/mol. The Morgan fingerprint density at radius 3 is 2.46 bits per heavy atom. The van der Waals surface area contributed by atoms with Crippen molar-refractivity contribution in [2.24, 2.45) is 0 Å². The van der Waals surface area contributed by atoms with Crippen LogP contribution in [0.3, 0.4) is 0 Å². The zero-order valence-electron chi connectivity index (χ0n) is 13.9. The van der Waals surface area contributed by atoms with Crippen molar-refractivity contribution in [2.75, 3.05) is 59.6 Å². The predicted molar refractivity (Wildman–Crippen MR) is 105 cm³/mol. The minimum Gasteiger partial charge on any atom is -0.490 e. The number of β-amino-alcohol motifs (C(OH)–C–C–N with tert-alkyl or cyclic N) is 1. The first-order chi connectivity index (χ1) is 10.6. The highest BCUT2D eigenvalue weighted by Gasteiger charge is 2.16. The minimum atomic E-state index is -0.438. The van der Waals surface area contributed by atoms with Crippen molar-refractivity contribution in [2.45, 2.75) is 6.10 Å². The van der Waals surface area contributed by atoms with Gasteiger partial charge in [-0.1, -0.05) is 12.1 Å². The van der Waals surface area contributed by atoms with Gasteiger partial charge in [-0.25, -0.2) is 0 Å². The summed E-state index contributed by atoms with van der Waals surface area (Å²) in [6.45, 7) is 6.13. The van der Waals surface area contributed by atoms with Crippen LogP contribution in [0.1, 0.15) is 0 Å². The summed E-state index contributed by atoms with van der Waals surface area (Å²) in [5, 5.41) is 10.00. The molecule has 0 amide bonds. The van der Waals surface area contributed by atoms with Gasteiger partial charge in [0.2, 0.25) is 0 Å². The van der Waals surface area contributed by atoms with Gasteiger partial charge in [-0.2, -0.15) is 0 Å². The van der Waals surface area contributed by atoms with Crippen LogP contribution in [-0.2, 0) is 4.74 Å². The summed E-state index contributed by atoms with van der Waals surface area (Å²) in [4.78, 5) is 4.59. The van der Waals surface area contributed by atoms with Crippen molar-refractivity contribution < 1.29 is 14.6 Å². The number of para-hydroxylation sites is 1. The van der Waals surface area contributed by atoms with Crippen LogP contribution in [0.4, 0.5) is 0 Å². The van der Waals surface area contributed by atoms with Crippen LogP contribution in [0.15, 0.2) is 28.7 Å². The van der Waals surface area contributed by atoms with Crippen LogP contribution in [-0.4, -0.2) is 80.6 Å². The number of hydrogen-bond acceptors (Lipinski definition) is 5. The third-order valence-corrected chi connectivity index (χ3v) is 4.35. The Labute approximate surface area is 165 Å². The van der Waals surface area contributed by atoms with E-state index in [0.717, 1.165) is 36.4 Å².